The Hall–Kier alpha value is -2.34. The summed E-state index contributed by atoms with van der Waals surface area (Å²) in [7, 11) is 1.78. The van der Waals surface area contributed by atoms with E-state index in [0.717, 1.165) is 12.8 Å². The molecule has 25 heavy (non-hydrogen) atoms. The predicted molar refractivity (Wildman–Crippen MR) is 95.6 cm³/mol. The van der Waals surface area contributed by atoms with Gasteiger partial charge in [-0.05, 0) is 37.0 Å². The molecule has 1 saturated heterocycles. The van der Waals surface area contributed by atoms with E-state index in [0.29, 0.717) is 41.7 Å². The molecule has 1 N–H and O–H groups in total. The molecule has 0 atom stereocenters. The van der Waals surface area contributed by atoms with E-state index in [1.54, 1.807) is 48.4 Å². The van der Waals surface area contributed by atoms with Gasteiger partial charge in [-0.1, -0.05) is 17.7 Å². The first kappa shape index (κ1) is 17.5. The van der Waals surface area contributed by atoms with Gasteiger partial charge in [0.2, 0.25) is 0 Å². The van der Waals surface area contributed by atoms with Crippen LogP contribution in [0.25, 0.3) is 0 Å². The highest BCUT2D eigenvalue weighted by Crippen LogP contribution is 2.20. The van der Waals surface area contributed by atoms with Crippen molar-refractivity contribution in [3.05, 3.63) is 52.8 Å². The molecule has 2 aromatic rings. The zero-order chi connectivity index (χ0) is 17.8. The monoisotopic (exact) mass is 360 g/mol. The molecule has 1 aromatic carbocycles. The fourth-order valence-electron chi connectivity index (χ4n) is 3.02. The summed E-state index contributed by atoms with van der Waals surface area (Å²) in [6, 6.07) is 7.03. The molecule has 0 bridgehead atoms. The highest BCUT2D eigenvalue weighted by atomic mass is 35.5. The zero-order valence-corrected chi connectivity index (χ0v) is 14.9. The van der Waals surface area contributed by atoms with Crippen molar-refractivity contribution in [3.63, 3.8) is 0 Å². The predicted octanol–water partition coefficient (Wildman–Crippen LogP) is 2.36. The van der Waals surface area contributed by atoms with E-state index >= 15 is 0 Å². The summed E-state index contributed by atoms with van der Waals surface area (Å²) in [4.78, 5) is 26.4. The summed E-state index contributed by atoms with van der Waals surface area (Å²) in [6.45, 7) is 2.00. The van der Waals surface area contributed by atoms with Crippen LogP contribution in [0.3, 0.4) is 0 Å². The molecule has 2 amide bonds. The van der Waals surface area contributed by atoms with Gasteiger partial charge in [0.25, 0.3) is 11.8 Å². The number of aryl methyl sites for hydroxylation is 1. The molecular weight excluding hydrogens is 340 g/mol. The molecule has 0 spiro atoms. The van der Waals surface area contributed by atoms with Gasteiger partial charge >= 0.3 is 0 Å². The normalized spacial score (nSPS) is 15.2. The van der Waals surface area contributed by atoms with Crippen molar-refractivity contribution in [3.8, 4) is 0 Å². The molecule has 0 aliphatic carbocycles. The molecule has 1 aromatic heterocycles. The summed E-state index contributed by atoms with van der Waals surface area (Å²) >= 11 is 5.96. The van der Waals surface area contributed by atoms with Gasteiger partial charge in [0, 0.05) is 43.5 Å². The van der Waals surface area contributed by atoms with Gasteiger partial charge < -0.3 is 10.2 Å². The lowest BCUT2D eigenvalue weighted by Gasteiger charge is -2.32. The third-order valence-electron chi connectivity index (χ3n) is 4.49. The molecule has 0 unspecified atom stereocenters. The molecule has 1 aliphatic heterocycles. The summed E-state index contributed by atoms with van der Waals surface area (Å²) in [5.41, 5.74) is 1.19. The number of benzene rings is 1. The minimum atomic E-state index is -0.106. The number of halogens is 1. The molecule has 0 radical (unpaired) electrons. The van der Waals surface area contributed by atoms with Crippen molar-refractivity contribution >= 4 is 23.4 Å². The largest absolute Gasteiger partial charge is 0.352 e. The maximum atomic E-state index is 12.5. The molecule has 7 heteroatoms. The SMILES string of the molecule is Cn1cc(C(=O)NCC2CCN(C(=O)c3cccc(Cl)c3)CC2)cn1. The minimum absolute atomic E-state index is 0.0142. The Kier molecular flexibility index (Phi) is 5.38. The van der Waals surface area contributed by atoms with Crippen molar-refractivity contribution in [1.29, 1.82) is 0 Å². The zero-order valence-electron chi connectivity index (χ0n) is 14.1. The third kappa shape index (κ3) is 4.39. The maximum absolute atomic E-state index is 12.5. The van der Waals surface area contributed by atoms with Crippen LogP contribution >= 0.6 is 11.6 Å². The topological polar surface area (TPSA) is 67.2 Å². The van der Waals surface area contributed by atoms with Gasteiger partial charge in [-0.25, -0.2) is 0 Å². The van der Waals surface area contributed by atoms with Crippen LogP contribution in [0.5, 0.6) is 0 Å². The molecule has 2 heterocycles. The Balaban J connectivity index is 1.47. The van der Waals surface area contributed by atoms with Crippen molar-refractivity contribution in [1.82, 2.24) is 20.0 Å². The van der Waals surface area contributed by atoms with Crippen LogP contribution in [0.2, 0.25) is 5.02 Å². The number of nitrogens with zero attached hydrogens (tertiary/aromatic N) is 3. The van der Waals surface area contributed by atoms with E-state index in [9.17, 15) is 9.59 Å². The van der Waals surface area contributed by atoms with Gasteiger partial charge in [0.05, 0.1) is 11.8 Å². The Labute approximate surface area is 151 Å². The van der Waals surface area contributed by atoms with Crippen molar-refractivity contribution in [2.75, 3.05) is 19.6 Å². The molecule has 1 aliphatic rings. The van der Waals surface area contributed by atoms with Crippen LogP contribution in [0, 0.1) is 5.92 Å². The van der Waals surface area contributed by atoms with Crippen LogP contribution in [0.1, 0.15) is 33.6 Å². The van der Waals surface area contributed by atoms with E-state index < -0.39 is 0 Å². The van der Waals surface area contributed by atoms with E-state index in [4.69, 9.17) is 11.6 Å². The molecule has 1 fully saturated rings. The highest BCUT2D eigenvalue weighted by Gasteiger charge is 2.24. The second-order valence-electron chi connectivity index (χ2n) is 6.36. The number of nitrogens with one attached hydrogen (secondary N) is 1. The van der Waals surface area contributed by atoms with Gasteiger partial charge in [-0.3, -0.25) is 14.3 Å². The van der Waals surface area contributed by atoms with Gasteiger partial charge in [-0.15, -0.1) is 0 Å². The van der Waals surface area contributed by atoms with Crippen LogP contribution in [0.4, 0.5) is 0 Å². The van der Waals surface area contributed by atoms with Crippen molar-refractivity contribution in [2.45, 2.75) is 12.8 Å². The number of hydrogen-bond acceptors (Lipinski definition) is 3. The van der Waals surface area contributed by atoms with Crippen LogP contribution < -0.4 is 5.32 Å². The average molecular weight is 361 g/mol. The molecule has 3 rings (SSSR count). The number of carbonyl (C=O) groups excluding carboxylic acids is 2. The first-order valence-corrected chi connectivity index (χ1v) is 8.72. The first-order chi connectivity index (χ1) is 12.0. The lowest BCUT2D eigenvalue weighted by molar-refractivity contribution is 0.0684. The number of likely N-dealkylation sites (tertiary alicyclic amines) is 1. The van der Waals surface area contributed by atoms with Gasteiger partial charge in [-0.2, -0.15) is 5.10 Å². The lowest BCUT2D eigenvalue weighted by Crippen LogP contribution is -2.41. The number of rotatable bonds is 4. The Morgan fingerprint density at radius 3 is 2.68 bits per heavy atom. The number of amides is 2. The van der Waals surface area contributed by atoms with Crippen LogP contribution in [-0.4, -0.2) is 46.1 Å². The van der Waals surface area contributed by atoms with Crippen LogP contribution in [0.15, 0.2) is 36.7 Å². The van der Waals surface area contributed by atoms with Crippen LogP contribution in [-0.2, 0) is 7.05 Å². The highest BCUT2D eigenvalue weighted by molar-refractivity contribution is 6.30. The Morgan fingerprint density at radius 2 is 2.04 bits per heavy atom. The standard InChI is InChI=1S/C18H21ClN4O2/c1-22-12-15(11-21-22)17(24)20-10-13-5-7-23(8-6-13)18(25)14-3-2-4-16(19)9-14/h2-4,9,11-13H,5-8,10H2,1H3,(H,20,24). The lowest BCUT2D eigenvalue weighted by atomic mass is 9.96. The summed E-state index contributed by atoms with van der Waals surface area (Å²) < 4.78 is 1.61. The van der Waals surface area contributed by atoms with Crippen molar-refractivity contribution in [2.24, 2.45) is 13.0 Å². The number of carbonyl (C=O) groups is 2. The molecule has 132 valence electrons. The summed E-state index contributed by atoms with van der Waals surface area (Å²) in [6.07, 6.45) is 5.00. The molecule has 0 saturated carbocycles. The fourth-order valence-corrected chi connectivity index (χ4v) is 3.21. The van der Waals surface area contributed by atoms with Crippen molar-refractivity contribution < 1.29 is 9.59 Å². The second-order valence-corrected chi connectivity index (χ2v) is 6.80. The minimum Gasteiger partial charge on any atom is -0.352 e. The Bertz CT molecular complexity index is 766. The van der Waals surface area contributed by atoms with E-state index in [1.807, 2.05) is 4.90 Å². The summed E-state index contributed by atoms with van der Waals surface area (Å²) in [5, 5.41) is 7.52. The second kappa shape index (κ2) is 7.70. The van der Waals surface area contributed by atoms with E-state index in [2.05, 4.69) is 10.4 Å². The quantitative estimate of drug-likeness (QED) is 0.910. The maximum Gasteiger partial charge on any atom is 0.254 e. The number of hydrogen-bond donors (Lipinski definition) is 1. The van der Waals surface area contributed by atoms with E-state index in [-0.39, 0.29) is 11.8 Å². The fraction of sp³-hybridized carbons (Fsp3) is 0.389. The average Bonchev–Trinajstić information content (AvgIpc) is 3.06. The van der Waals surface area contributed by atoms with Gasteiger partial charge in [0.15, 0.2) is 0 Å². The van der Waals surface area contributed by atoms with Gasteiger partial charge in [0.1, 0.15) is 0 Å². The smallest absolute Gasteiger partial charge is 0.254 e. The molecular formula is C18H21ClN4O2. The number of piperidine rings is 1. The first-order valence-electron chi connectivity index (χ1n) is 8.34. The Morgan fingerprint density at radius 1 is 1.28 bits per heavy atom. The summed E-state index contributed by atoms with van der Waals surface area (Å²) in [5.74, 6) is 0.287. The van der Waals surface area contributed by atoms with E-state index in [1.165, 1.54) is 0 Å². The number of aromatic nitrogens is 2. The molecule has 6 nitrogen and oxygen atoms in total. The third-order valence-corrected chi connectivity index (χ3v) is 4.73.